The first-order valence-electron chi connectivity index (χ1n) is 6.35. The number of halogens is 1. The van der Waals surface area contributed by atoms with Crippen molar-refractivity contribution in [3.05, 3.63) is 28.2 Å². The molecular weight excluding hydrogens is 294 g/mol. The number of aliphatic hydroxyl groups excluding tert-OH is 1. The van der Waals surface area contributed by atoms with Gasteiger partial charge in [-0.1, -0.05) is 29.3 Å². The smallest absolute Gasteiger partial charge is 0.119 e. The van der Waals surface area contributed by atoms with Gasteiger partial charge >= 0.3 is 0 Å². The molecule has 1 rings (SSSR count). The Kier molecular flexibility index (Phi) is 7.32. The number of hydrogen-bond donors (Lipinski definition) is 2. The summed E-state index contributed by atoms with van der Waals surface area (Å²) in [7, 11) is 1.68. The third-order valence-corrected chi connectivity index (χ3v) is 3.89. The molecule has 1 unspecified atom stereocenters. The Morgan fingerprint density at radius 2 is 2.22 bits per heavy atom. The number of hydrogen-bond acceptors (Lipinski definition) is 3. The summed E-state index contributed by atoms with van der Waals surface area (Å²) in [6.45, 7) is 4.16. The molecule has 0 amide bonds. The molecule has 0 fully saturated rings. The summed E-state index contributed by atoms with van der Waals surface area (Å²) in [5.41, 5.74) is 1.19. The van der Waals surface area contributed by atoms with Crippen LogP contribution in [0, 0.1) is 5.92 Å². The highest BCUT2D eigenvalue weighted by Gasteiger charge is 2.06. The lowest BCUT2D eigenvalue weighted by molar-refractivity contribution is 0.251. The molecule has 3 nitrogen and oxygen atoms in total. The number of ether oxygens (including phenoxy) is 1. The van der Waals surface area contributed by atoms with Crippen molar-refractivity contribution in [2.24, 2.45) is 5.92 Å². The van der Waals surface area contributed by atoms with E-state index in [9.17, 15) is 0 Å². The first-order chi connectivity index (χ1) is 8.71. The van der Waals surface area contributed by atoms with Gasteiger partial charge in [0.2, 0.25) is 0 Å². The molecule has 0 spiro atoms. The van der Waals surface area contributed by atoms with E-state index in [2.05, 4.69) is 28.2 Å². The summed E-state index contributed by atoms with van der Waals surface area (Å²) in [5.74, 6) is 1.41. The molecule has 4 heteroatoms. The van der Waals surface area contributed by atoms with E-state index in [0.29, 0.717) is 5.92 Å². The molecule has 0 aliphatic heterocycles. The number of nitrogens with one attached hydrogen (secondary N) is 1. The molecule has 1 aromatic rings. The lowest BCUT2D eigenvalue weighted by Gasteiger charge is -2.15. The van der Waals surface area contributed by atoms with E-state index >= 15 is 0 Å². The van der Waals surface area contributed by atoms with E-state index in [-0.39, 0.29) is 6.61 Å². The molecule has 0 aromatic heterocycles. The Hall–Kier alpha value is -0.580. The highest BCUT2D eigenvalue weighted by Crippen LogP contribution is 2.22. The van der Waals surface area contributed by atoms with Gasteiger partial charge in [0, 0.05) is 17.6 Å². The predicted octanol–water partition coefficient (Wildman–Crippen LogP) is 2.96. The SMILES string of the molecule is CCC(CCO)CNCc1cc(OC)ccc1Br. The van der Waals surface area contributed by atoms with Crippen LogP contribution in [0.15, 0.2) is 22.7 Å². The third kappa shape index (κ3) is 4.96. The van der Waals surface area contributed by atoms with Crippen molar-refractivity contribution in [2.75, 3.05) is 20.3 Å². The second-order valence-electron chi connectivity index (χ2n) is 4.37. The van der Waals surface area contributed by atoms with Crippen LogP contribution in [0.1, 0.15) is 25.3 Å². The van der Waals surface area contributed by atoms with Crippen LogP contribution < -0.4 is 10.1 Å². The summed E-state index contributed by atoms with van der Waals surface area (Å²) < 4.78 is 6.30. The van der Waals surface area contributed by atoms with E-state index in [4.69, 9.17) is 9.84 Å². The molecule has 18 heavy (non-hydrogen) atoms. The van der Waals surface area contributed by atoms with Gasteiger partial charge in [-0.15, -0.1) is 0 Å². The van der Waals surface area contributed by atoms with Crippen LogP contribution >= 0.6 is 15.9 Å². The van der Waals surface area contributed by atoms with Crippen LogP contribution in [-0.4, -0.2) is 25.4 Å². The van der Waals surface area contributed by atoms with Crippen LogP contribution in [0.4, 0.5) is 0 Å². The number of rotatable bonds is 8. The van der Waals surface area contributed by atoms with E-state index in [1.807, 2.05) is 18.2 Å². The Bertz CT molecular complexity index is 358. The van der Waals surface area contributed by atoms with E-state index in [1.165, 1.54) is 5.56 Å². The highest BCUT2D eigenvalue weighted by atomic mass is 79.9. The molecule has 2 N–H and O–H groups in total. The van der Waals surface area contributed by atoms with Crippen LogP contribution in [0.2, 0.25) is 0 Å². The van der Waals surface area contributed by atoms with Gasteiger partial charge in [-0.05, 0) is 42.6 Å². The van der Waals surface area contributed by atoms with E-state index in [0.717, 1.165) is 36.2 Å². The molecule has 0 radical (unpaired) electrons. The number of benzene rings is 1. The van der Waals surface area contributed by atoms with E-state index in [1.54, 1.807) is 7.11 Å². The number of methoxy groups -OCH3 is 1. The fourth-order valence-electron chi connectivity index (χ4n) is 1.86. The zero-order chi connectivity index (χ0) is 13.4. The predicted molar refractivity (Wildman–Crippen MR) is 77.9 cm³/mol. The van der Waals surface area contributed by atoms with Crippen LogP contribution in [0.3, 0.4) is 0 Å². The average Bonchev–Trinajstić information content (AvgIpc) is 2.39. The minimum atomic E-state index is 0.267. The summed E-state index contributed by atoms with van der Waals surface area (Å²) in [5, 5.41) is 12.4. The quantitative estimate of drug-likeness (QED) is 0.775. The summed E-state index contributed by atoms with van der Waals surface area (Å²) in [6.07, 6.45) is 1.95. The van der Waals surface area contributed by atoms with Gasteiger partial charge < -0.3 is 15.2 Å². The van der Waals surface area contributed by atoms with Crippen molar-refractivity contribution < 1.29 is 9.84 Å². The standard InChI is InChI=1S/C14H22BrNO2/c1-3-11(6-7-17)9-16-10-12-8-13(18-2)4-5-14(12)15/h4-5,8,11,16-17H,3,6-7,9-10H2,1-2H3. The maximum absolute atomic E-state index is 8.94. The molecule has 102 valence electrons. The Morgan fingerprint density at radius 1 is 1.44 bits per heavy atom. The first kappa shape index (κ1) is 15.5. The van der Waals surface area contributed by atoms with Gasteiger partial charge in [-0.25, -0.2) is 0 Å². The Balaban J connectivity index is 2.47. The molecule has 0 aliphatic rings. The molecule has 1 atom stereocenters. The monoisotopic (exact) mass is 315 g/mol. The van der Waals surface area contributed by atoms with Crippen molar-refractivity contribution in [1.29, 1.82) is 0 Å². The molecule has 0 saturated carbocycles. The molecular formula is C14H22BrNO2. The summed E-state index contributed by atoms with van der Waals surface area (Å²) in [6, 6.07) is 5.97. The summed E-state index contributed by atoms with van der Waals surface area (Å²) >= 11 is 3.54. The lowest BCUT2D eigenvalue weighted by atomic mass is 10.0. The van der Waals surface area contributed by atoms with Gasteiger partial charge in [-0.2, -0.15) is 0 Å². The van der Waals surface area contributed by atoms with Gasteiger partial charge in [0.05, 0.1) is 7.11 Å². The highest BCUT2D eigenvalue weighted by molar-refractivity contribution is 9.10. The van der Waals surface area contributed by atoms with Crippen molar-refractivity contribution in [3.63, 3.8) is 0 Å². The second-order valence-corrected chi connectivity index (χ2v) is 5.23. The third-order valence-electron chi connectivity index (χ3n) is 3.12. The zero-order valence-electron chi connectivity index (χ0n) is 11.1. The first-order valence-corrected chi connectivity index (χ1v) is 7.14. The molecule has 0 saturated heterocycles. The minimum absolute atomic E-state index is 0.267. The molecule has 0 aliphatic carbocycles. The molecule has 0 bridgehead atoms. The maximum Gasteiger partial charge on any atom is 0.119 e. The largest absolute Gasteiger partial charge is 0.497 e. The fraction of sp³-hybridized carbons (Fsp3) is 0.571. The van der Waals surface area contributed by atoms with Gasteiger partial charge in [0.25, 0.3) is 0 Å². The van der Waals surface area contributed by atoms with Crippen LogP contribution in [0.5, 0.6) is 5.75 Å². The second kappa shape index (κ2) is 8.51. The lowest BCUT2D eigenvalue weighted by Crippen LogP contribution is -2.23. The van der Waals surface area contributed by atoms with Crippen molar-refractivity contribution >= 4 is 15.9 Å². The van der Waals surface area contributed by atoms with Crippen molar-refractivity contribution in [3.8, 4) is 5.75 Å². The average molecular weight is 316 g/mol. The Labute approximate surface area is 118 Å². The van der Waals surface area contributed by atoms with Gasteiger partial charge in [0.15, 0.2) is 0 Å². The zero-order valence-corrected chi connectivity index (χ0v) is 12.7. The van der Waals surface area contributed by atoms with Gasteiger partial charge in [0.1, 0.15) is 5.75 Å². The summed E-state index contributed by atoms with van der Waals surface area (Å²) in [4.78, 5) is 0. The topological polar surface area (TPSA) is 41.5 Å². The van der Waals surface area contributed by atoms with Crippen LogP contribution in [0.25, 0.3) is 0 Å². The maximum atomic E-state index is 8.94. The molecule has 0 heterocycles. The van der Waals surface area contributed by atoms with Crippen LogP contribution in [-0.2, 0) is 6.54 Å². The van der Waals surface area contributed by atoms with Gasteiger partial charge in [-0.3, -0.25) is 0 Å². The Morgan fingerprint density at radius 3 is 2.83 bits per heavy atom. The van der Waals surface area contributed by atoms with Crippen molar-refractivity contribution in [2.45, 2.75) is 26.3 Å². The number of aliphatic hydroxyl groups is 1. The van der Waals surface area contributed by atoms with Crippen molar-refractivity contribution in [1.82, 2.24) is 5.32 Å². The van der Waals surface area contributed by atoms with E-state index < -0.39 is 0 Å². The normalized spacial score (nSPS) is 12.4. The minimum Gasteiger partial charge on any atom is -0.497 e. The fourth-order valence-corrected chi connectivity index (χ4v) is 2.24. The molecule has 1 aromatic carbocycles.